The third kappa shape index (κ3) is 2.39. The Balaban J connectivity index is 2.46. The second-order valence-corrected chi connectivity index (χ2v) is 5.17. The molecule has 1 aromatic carbocycles. The molecule has 4 nitrogen and oxygen atoms in total. The highest BCUT2D eigenvalue weighted by Gasteiger charge is 2.07. The van der Waals surface area contributed by atoms with Crippen molar-refractivity contribution in [1.29, 1.82) is 5.41 Å². The molecule has 1 aromatic heterocycles. The zero-order chi connectivity index (χ0) is 11.5. The lowest BCUT2D eigenvalue weighted by atomic mass is 10.2. The van der Waals surface area contributed by atoms with Gasteiger partial charge in [0.25, 0.3) is 0 Å². The Morgan fingerprint density at radius 2 is 1.94 bits per heavy atom. The highest BCUT2D eigenvalue weighted by atomic mass is 32.1. The van der Waals surface area contributed by atoms with E-state index in [9.17, 15) is 9.79 Å². The molecule has 2 aromatic rings. The summed E-state index contributed by atoms with van der Waals surface area (Å²) in [5.74, 6) is 0. The van der Waals surface area contributed by atoms with Crippen LogP contribution >= 0.6 is 19.7 Å². The molecule has 0 fully saturated rings. The number of hydrogen-bond donors (Lipinski definition) is 1. The van der Waals surface area contributed by atoms with Crippen molar-refractivity contribution in [2.24, 2.45) is 0 Å². The van der Waals surface area contributed by atoms with Gasteiger partial charge in [0.1, 0.15) is 6.29 Å². The molecule has 0 saturated carbocycles. The highest BCUT2D eigenvalue weighted by molar-refractivity contribution is 7.40. The Kier molecular flexibility index (Phi) is 3.51. The van der Waals surface area contributed by atoms with Crippen LogP contribution in [0.5, 0.6) is 0 Å². The van der Waals surface area contributed by atoms with E-state index >= 15 is 0 Å². The standard InChI is InChI=1S/C10H10N2O2PS/c11-10-12(7-15(13)14)9(6-16-10)8-4-2-1-3-5-8/h1-6,11,15H,7H2/q-1. The lowest BCUT2D eigenvalue weighted by molar-refractivity contribution is -0.294. The molecular formula is C10H10N2O2PS-. The quantitative estimate of drug-likeness (QED) is 0.805. The molecule has 16 heavy (non-hydrogen) atoms. The summed E-state index contributed by atoms with van der Waals surface area (Å²) in [6.07, 6.45) is -0.1000. The Labute approximate surface area is 97.9 Å². The van der Waals surface area contributed by atoms with Gasteiger partial charge in [-0.15, -0.1) is 11.3 Å². The summed E-state index contributed by atoms with van der Waals surface area (Å²) in [6, 6.07) is 9.49. The van der Waals surface area contributed by atoms with Gasteiger partial charge < -0.3 is 9.79 Å². The van der Waals surface area contributed by atoms with Crippen LogP contribution < -0.4 is 14.6 Å². The van der Waals surface area contributed by atoms with Gasteiger partial charge in [0.05, 0.1) is 5.69 Å². The van der Waals surface area contributed by atoms with Crippen LogP contribution in [0.25, 0.3) is 11.3 Å². The minimum absolute atomic E-state index is 0.1000. The molecule has 0 aliphatic heterocycles. The summed E-state index contributed by atoms with van der Waals surface area (Å²) in [7, 11) is -2.86. The van der Waals surface area contributed by atoms with Crippen molar-refractivity contribution in [3.05, 3.63) is 40.5 Å². The van der Waals surface area contributed by atoms with Crippen molar-refractivity contribution >= 4 is 19.7 Å². The lowest BCUT2D eigenvalue weighted by Crippen LogP contribution is -2.20. The third-order valence-electron chi connectivity index (χ3n) is 2.17. The highest BCUT2D eigenvalue weighted by Crippen LogP contribution is 2.23. The number of nitrogens with zero attached hydrogens (tertiary/aromatic N) is 1. The molecule has 0 saturated heterocycles. The summed E-state index contributed by atoms with van der Waals surface area (Å²) >= 11 is 1.24. The molecule has 2 rings (SSSR count). The van der Waals surface area contributed by atoms with E-state index in [1.807, 2.05) is 35.7 Å². The Morgan fingerprint density at radius 1 is 1.25 bits per heavy atom. The zero-order valence-electron chi connectivity index (χ0n) is 8.34. The Morgan fingerprint density at radius 3 is 2.56 bits per heavy atom. The Hall–Kier alpha value is -1.00. The molecule has 1 N–H and O–H groups in total. The molecule has 0 aliphatic rings. The fourth-order valence-corrected chi connectivity index (χ4v) is 2.95. The zero-order valence-corrected chi connectivity index (χ0v) is 10.2. The van der Waals surface area contributed by atoms with E-state index in [1.165, 1.54) is 15.9 Å². The number of aromatic nitrogens is 1. The molecule has 0 radical (unpaired) electrons. The molecule has 1 heterocycles. The van der Waals surface area contributed by atoms with Crippen molar-refractivity contribution in [3.8, 4) is 11.3 Å². The number of thiazole rings is 1. The first-order valence-electron chi connectivity index (χ1n) is 4.66. The van der Waals surface area contributed by atoms with Crippen LogP contribution in [0.2, 0.25) is 0 Å². The normalized spacial score (nSPS) is 10.9. The van der Waals surface area contributed by atoms with Gasteiger partial charge in [-0.25, -0.2) is 0 Å². The van der Waals surface area contributed by atoms with Crippen LogP contribution in [0.3, 0.4) is 0 Å². The minimum atomic E-state index is -2.86. The second kappa shape index (κ2) is 4.89. The van der Waals surface area contributed by atoms with Crippen molar-refractivity contribution in [2.75, 3.05) is 0 Å². The third-order valence-corrected chi connectivity index (χ3v) is 3.53. The van der Waals surface area contributed by atoms with Crippen molar-refractivity contribution < 1.29 is 9.79 Å². The van der Waals surface area contributed by atoms with Crippen molar-refractivity contribution in [1.82, 2.24) is 4.57 Å². The van der Waals surface area contributed by atoms with E-state index in [-0.39, 0.29) is 11.1 Å². The molecule has 0 spiro atoms. The maximum Gasteiger partial charge on any atom is 0.185 e. The van der Waals surface area contributed by atoms with E-state index in [2.05, 4.69) is 0 Å². The maximum atomic E-state index is 10.8. The minimum Gasteiger partial charge on any atom is -0.684 e. The average Bonchev–Trinajstić information content (AvgIpc) is 2.61. The maximum absolute atomic E-state index is 10.8. The van der Waals surface area contributed by atoms with E-state index in [0.29, 0.717) is 0 Å². The number of nitrogens with one attached hydrogen (secondary N) is 1. The first-order chi connectivity index (χ1) is 7.68. The molecule has 0 atom stereocenters. The smallest absolute Gasteiger partial charge is 0.185 e. The molecular weight excluding hydrogens is 243 g/mol. The van der Waals surface area contributed by atoms with E-state index < -0.39 is 8.38 Å². The van der Waals surface area contributed by atoms with Gasteiger partial charge in [-0.3, -0.25) is 9.98 Å². The monoisotopic (exact) mass is 253 g/mol. The van der Waals surface area contributed by atoms with E-state index in [0.717, 1.165) is 11.3 Å². The average molecular weight is 253 g/mol. The summed E-state index contributed by atoms with van der Waals surface area (Å²) in [4.78, 5) is 21.8. The van der Waals surface area contributed by atoms with Gasteiger partial charge in [0, 0.05) is 5.38 Å². The fraction of sp³-hybridized carbons (Fsp3) is 0.100. The summed E-state index contributed by atoms with van der Waals surface area (Å²) in [5, 5.41) is 9.46. The molecule has 0 amide bonds. The van der Waals surface area contributed by atoms with E-state index in [1.54, 1.807) is 0 Å². The number of rotatable bonds is 3. The van der Waals surface area contributed by atoms with Gasteiger partial charge in [0.2, 0.25) is 0 Å². The number of hydrogen-bond acceptors (Lipinski definition) is 4. The van der Waals surface area contributed by atoms with Crippen LogP contribution in [-0.4, -0.2) is 4.57 Å². The van der Waals surface area contributed by atoms with Gasteiger partial charge in [-0.2, -0.15) is 0 Å². The van der Waals surface area contributed by atoms with Crippen LogP contribution in [0.4, 0.5) is 0 Å². The topological polar surface area (TPSA) is 74.9 Å². The van der Waals surface area contributed by atoms with Crippen molar-refractivity contribution in [2.45, 2.75) is 6.29 Å². The number of benzene rings is 1. The first-order valence-corrected chi connectivity index (χ1v) is 7.07. The largest absolute Gasteiger partial charge is 0.684 e. The second-order valence-electron chi connectivity index (χ2n) is 3.25. The molecule has 0 bridgehead atoms. The van der Waals surface area contributed by atoms with Crippen LogP contribution in [0, 0.1) is 5.41 Å². The van der Waals surface area contributed by atoms with Crippen molar-refractivity contribution in [3.63, 3.8) is 0 Å². The molecule has 84 valence electrons. The predicted molar refractivity (Wildman–Crippen MR) is 61.9 cm³/mol. The van der Waals surface area contributed by atoms with E-state index in [4.69, 9.17) is 5.41 Å². The Bertz CT molecular complexity index is 521. The fourth-order valence-electron chi connectivity index (χ4n) is 1.47. The van der Waals surface area contributed by atoms with Crippen LogP contribution in [0.1, 0.15) is 0 Å². The van der Waals surface area contributed by atoms with Gasteiger partial charge in [0.15, 0.2) is 4.80 Å². The summed E-state index contributed by atoms with van der Waals surface area (Å²) < 4.78 is 1.51. The molecule has 0 aliphatic carbocycles. The predicted octanol–water partition coefficient (Wildman–Crippen LogP) is 0.418. The van der Waals surface area contributed by atoms with Gasteiger partial charge in [-0.1, -0.05) is 38.7 Å². The van der Waals surface area contributed by atoms with Crippen LogP contribution in [0.15, 0.2) is 35.7 Å². The SMILES string of the molecule is N=c1scc(-c2ccccc2)n1C[PH+]([O-])[O-]. The molecule has 6 heteroatoms. The summed E-state index contributed by atoms with van der Waals surface area (Å²) in [6.45, 7) is 0. The van der Waals surface area contributed by atoms with Gasteiger partial charge in [-0.05, 0) is 5.56 Å². The first kappa shape index (κ1) is 11.5. The molecule has 0 unspecified atom stereocenters. The van der Waals surface area contributed by atoms with Gasteiger partial charge >= 0.3 is 0 Å². The van der Waals surface area contributed by atoms with Crippen LogP contribution in [-0.2, 0) is 6.29 Å². The lowest BCUT2D eigenvalue weighted by Gasteiger charge is -2.18. The summed E-state index contributed by atoms with van der Waals surface area (Å²) in [5.41, 5.74) is 1.71.